The van der Waals surface area contributed by atoms with Gasteiger partial charge in [-0.3, -0.25) is 4.79 Å². The van der Waals surface area contributed by atoms with E-state index >= 15 is 0 Å². The summed E-state index contributed by atoms with van der Waals surface area (Å²) in [4.78, 5) is 15.4. The number of hydrogen-bond acceptors (Lipinski definition) is 4. The third-order valence-electron chi connectivity index (χ3n) is 6.28. The second-order valence-electron chi connectivity index (χ2n) is 8.58. The molecular weight excluding hydrogens is 376 g/mol. The molecule has 0 saturated carbocycles. The smallest absolute Gasteiger partial charge is 0.251 e. The number of piperidine rings is 1. The van der Waals surface area contributed by atoms with E-state index in [4.69, 9.17) is 9.47 Å². The van der Waals surface area contributed by atoms with Gasteiger partial charge in [-0.15, -0.1) is 0 Å². The first-order valence-corrected chi connectivity index (χ1v) is 11.1. The number of nitrogens with one attached hydrogen (secondary N) is 1. The van der Waals surface area contributed by atoms with Crippen molar-refractivity contribution in [3.05, 3.63) is 59.7 Å². The van der Waals surface area contributed by atoms with E-state index in [0.29, 0.717) is 12.2 Å². The molecular formula is C25H32N2O3. The molecule has 1 saturated heterocycles. The Bertz CT molecular complexity index is 857. The summed E-state index contributed by atoms with van der Waals surface area (Å²) in [5, 5.41) is 3.27. The molecule has 2 aromatic carbocycles. The monoisotopic (exact) mass is 408 g/mol. The molecule has 0 aromatic heterocycles. The molecule has 1 atom stereocenters. The number of hydrogen-bond donors (Lipinski definition) is 1. The first-order valence-electron chi connectivity index (χ1n) is 11.1. The summed E-state index contributed by atoms with van der Waals surface area (Å²) in [6, 6.07) is 15.5. The van der Waals surface area contributed by atoms with E-state index in [0.717, 1.165) is 62.3 Å². The maximum atomic E-state index is 13.0. The van der Waals surface area contributed by atoms with Gasteiger partial charge >= 0.3 is 0 Å². The first-order chi connectivity index (χ1) is 14.6. The highest BCUT2D eigenvalue weighted by Crippen LogP contribution is 2.44. The molecule has 1 spiro atoms. The summed E-state index contributed by atoms with van der Waals surface area (Å²) in [6.45, 7) is 4.88. The Hall–Kier alpha value is -2.53. The molecule has 0 unspecified atom stereocenters. The van der Waals surface area contributed by atoms with Crippen LogP contribution in [0.1, 0.15) is 61.0 Å². The lowest BCUT2D eigenvalue weighted by Crippen LogP contribution is -2.51. The number of para-hydroxylation sites is 1. The van der Waals surface area contributed by atoms with Crippen molar-refractivity contribution in [1.29, 1.82) is 0 Å². The summed E-state index contributed by atoms with van der Waals surface area (Å²) >= 11 is 0. The van der Waals surface area contributed by atoms with Crippen molar-refractivity contribution >= 4 is 5.91 Å². The summed E-state index contributed by atoms with van der Waals surface area (Å²) in [7, 11) is 2.15. The van der Waals surface area contributed by atoms with Crippen molar-refractivity contribution in [1.82, 2.24) is 10.2 Å². The maximum absolute atomic E-state index is 13.0. The maximum Gasteiger partial charge on any atom is 0.251 e. The highest BCUT2D eigenvalue weighted by atomic mass is 16.5. The number of likely N-dealkylation sites (tertiary alicyclic amines) is 1. The molecule has 4 rings (SSSR count). The second-order valence-corrected chi connectivity index (χ2v) is 8.58. The normalized spacial score (nSPS) is 20.3. The highest BCUT2D eigenvalue weighted by molar-refractivity contribution is 5.94. The van der Waals surface area contributed by atoms with Crippen molar-refractivity contribution in [3.8, 4) is 11.5 Å². The molecule has 0 aliphatic carbocycles. The third-order valence-corrected chi connectivity index (χ3v) is 6.28. The van der Waals surface area contributed by atoms with Crippen LogP contribution in [0, 0.1) is 0 Å². The second kappa shape index (κ2) is 9.09. The first kappa shape index (κ1) is 20.7. The fourth-order valence-corrected chi connectivity index (χ4v) is 4.36. The van der Waals surface area contributed by atoms with E-state index in [9.17, 15) is 4.79 Å². The minimum atomic E-state index is -0.199. The van der Waals surface area contributed by atoms with E-state index < -0.39 is 0 Å². The molecule has 5 heteroatoms. The van der Waals surface area contributed by atoms with Crippen LogP contribution in [0.4, 0.5) is 0 Å². The SMILES string of the molecule is CCCCOc1ccc(C(=O)N[C@@H]2CC3(CCN(C)CC3)Oc3ccccc32)cc1. The molecule has 30 heavy (non-hydrogen) atoms. The topological polar surface area (TPSA) is 50.8 Å². The van der Waals surface area contributed by atoms with Crippen LogP contribution >= 0.6 is 0 Å². The molecule has 2 aromatic rings. The molecule has 0 radical (unpaired) electrons. The van der Waals surface area contributed by atoms with Gasteiger partial charge in [0, 0.05) is 30.6 Å². The number of fused-ring (bicyclic) bond motifs is 1. The number of amides is 1. The standard InChI is InChI=1S/C25H32N2O3/c1-3-4-17-29-20-11-9-19(10-12-20)24(28)26-22-18-25(13-15-27(2)16-14-25)30-23-8-6-5-7-21(22)23/h5-12,22H,3-4,13-18H2,1-2H3,(H,26,28)/t22-/m1/s1. The van der Waals surface area contributed by atoms with E-state index in [2.05, 4.69) is 30.3 Å². The molecule has 2 aliphatic heterocycles. The van der Waals surface area contributed by atoms with E-state index in [1.807, 2.05) is 42.5 Å². The van der Waals surface area contributed by atoms with E-state index in [1.54, 1.807) is 0 Å². The summed E-state index contributed by atoms with van der Waals surface area (Å²) in [6.07, 6.45) is 4.90. The lowest BCUT2D eigenvalue weighted by atomic mass is 9.80. The van der Waals surface area contributed by atoms with E-state index in [1.165, 1.54) is 0 Å². The van der Waals surface area contributed by atoms with Gasteiger partial charge in [0.15, 0.2) is 0 Å². The summed E-state index contributed by atoms with van der Waals surface area (Å²) in [5.41, 5.74) is 1.52. The Morgan fingerprint density at radius 1 is 1.17 bits per heavy atom. The minimum Gasteiger partial charge on any atom is -0.494 e. The van der Waals surface area contributed by atoms with E-state index in [-0.39, 0.29) is 17.6 Å². The summed E-state index contributed by atoms with van der Waals surface area (Å²) < 4.78 is 12.2. The van der Waals surface area contributed by atoms with Crippen LogP contribution < -0.4 is 14.8 Å². The van der Waals surface area contributed by atoms with Gasteiger partial charge in [0.1, 0.15) is 17.1 Å². The van der Waals surface area contributed by atoms with Crippen LogP contribution in [0.15, 0.2) is 48.5 Å². The third kappa shape index (κ3) is 4.62. The van der Waals surface area contributed by atoms with Gasteiger partial charge in [-0.1, -0.05) is 31.5 Å². The summed E-state index contributed by atoms with van der Waals surface area (Å²) in [5.74, 6) is 1.65. The number of carbonyl (C=O) groups is 1. The molecule has 2 heterocycles. The van der Waals surface area contributed by atoms with Crippen molar-refractivity contribution < 1.29 is 14.3 Å². The largest absolute Gasteiger partial charge is 0.494 e. The van der Waals surface area contributed by atoms with Crippen molar-refractivity contribution in [3.63, 3.8) is 0 Å². The number of benzene rings is 2. The molecule has 2 aliphatic rings. The van der Waals surface area contributed by atoms with Crippen molar-refractivity contribution in [2.45, 2.75) is 50.7 Å². The zero-order chi connectivity index (χ0) is 21.0. The van der Waals surface area contributed by atoms with Crippen LogP contribution in [0.2, 0.25) is 0 Å². The average molecular weight is 409 g/mol. The lowest BCUT2D eigenvalue weighted by Gasteiger charge is -2.46. The zero-order valence-electron chi connectivity index (χ0n) is 18.0. The number of unbranched alkanes of at least 4 members (excludes halogenated alkanes) is 1. The molecule has 0 bridgehead atoms. The molecule has 160 valence electrons. The number of ether oxygens (including phenoxy) is 2. The van der Waals surface area contributed by atoms with Gasteiger partial charge in [0.2, 0.25) is 0 Å². The van der Waals surface area contributed by atoms with Crippen LogP contribution in [0.5, 0.6) is 11.5 Å². The van der Waals surface area contributed by atoms with Crippen molar-refractivity contribution in [2.24, 2.45) is 0 Å². The predicted octanol–water partition coefficient (Wildman–Crippen LogP) is 4.58. The van der Waals surface area contributed by atoms with Gasteiger partial charge in [-0.25, -0.2) is 0 Å². The Morgan fingerprint density at radius 3 is 2.63 bits per heavy atom. The fraction of sp³-hybridized carbons (Fsp3) is 0.480. The fourth-order valence-electron chi connectivity index (χ4n) is 4.36. The highest BCUT2D eigenvalue weighted by Gasteiger charge is 2.43. The van der Waals surface area contributed by atoms with Gasteiger partial charge in [0.25, 0.3) is 5.91 Å². The molecule has 1 amide bonds. The van der Waals surface area contributed by atoms with Crippen LogP contribution in [-0.4, -0.2) is 43.2 Å². The Morgan fingerprint density at radius 2 is 1.90 bits per heavy atom. The Kier molecular flexibility index (Phi) is 6.28. The van der Waals surface area contributed by atoms with Crippen LogP contribution in [0.3, 0.4) is 0 Å². The number of rotatable bonds is 6. The Labute approximate surface area is 179 Å². The van der Waals surface area contributed by atoms with Crippen molar-refractivity contribution in [2.75, 3.05) is 26.7 Å². The Balaban J connectivity index is 1.48. The van der Waals surface area contributed by atoms with Gasteiger partial charge < -0.3 is 19.7 Å². The van der Waals surface area contributed by atoms with Crippen LogP contribution in [0.25, 0.3) is 0 Å². The molecule has 5 nitrogen and oxygen atoms in total. The zero-order valence-corrected chi connectivity index (χ0v) is 18.0. The molecule has 1 N–H and O–H groups in total. The number of carbonyl (C=O) groups excluding carboxylic acids is 1. The van der Waals surface area contributed by atoms with Gasteiger partial charge in [0.05, 0.1) is 12.6 Å². The van der Waals surface area contributed by atoms with Gasteiger partial charge in [-0.2, -0.15) is 0 Å². The molecule has 1 fully saturated rings. The van der Waals surface area contributed by atoms with Crippen LogP contribution in [-0.2, 0) is 0 Å². The minimum absolute atomic E-state index is 0.0497. The number of nitrogens with zero attached hydrogens (tertiary/aromatic N) is 1. The predicted molar refractivity (Wildman–Crippen MR) is 118 cm³/mol. The van der Waals surface area contributed by atoms with Gasteiger partial charge in [-0.05, 0) is 56.6 Å². The quantitative estimate of drug-likeness (QED) is 0.711. The lowest BCUT2D eigenvalue weighted by molar-refractivity contribution is -0.0195. The average Bonchev–Trinajstić information content (AvgIpc) is 2.77.